The van der Waals surface area contributed by atoms with Crippen LogP contribution in [0.2, 0.25) is 10.0 Å². The van der Waals surface area contributed by atoms with Crippen molar-refractivity contribution >= 4 is 40.6 Å². The molecule has 3 rings (SSSR count). The number of hydrogen-bond donors (Lipinski definition) is 2. The van der Waals surface area contributed by atoms with E-state index in [4.69, 9.17) is 23.2 Å². The van der Waals surface area contributed by atoms with Crippen LogP contribution >= 0.6 is 23.2 Å². The minimum atomic E-state index is -0.378. The molecule has 7 heteroatoms. The highest BCUT2D eigenvalue weighted by atomic mass is 35.5. The number of carbonyl (C=O) groups excluding carboxylic acids is 1. The monoisotopic (exact) mass is 350 g/mol. The molecule has 0 spiro atoms. The second kappa shape index (κ2) is 7.15. The van der Waals surface area contributed by atoms with E-state index in [1.54, 1.807) is 24.3 Å². The van der Waals surface area contributed by atoms with Crippen LogP contribution in [-0.4, -0.2) is 21.9 Å². The number of rotatable bonds is 4. The van der Waals surface area contributed by atoms with Gasteiger partial charge in [0, 0.05) is 12.1 Å². The molecule has 1 amide bonds. The molecule has 0 unspecified atom stereocenters. The molecule has 0 radical (unpaired) electrons. The van der Waals surface area contributed by atoms with Crippen molar-refractivity contribution in [2.45, 2.75) is 31.7 Å². The van der Waals surface area contributed by atoms with Gasteiger partial charge in [0.25, 0.3) is 5.91 Å². The molecule has 1 aromatic heterocycles. The van der Waals surface area contributed by atoms with Gasteiger partial charge in [-0.05, 0) is 25.0 Å². The van der Waals surface area contributed by atoms with Gasteiger partial charge in [0.1, 0.15) is 17.8 Å². The van der Waals surface area contributed by atoms with E-state index < -0.39 is 0 Å². The number of para-hydroxylation sites is 1. The number of halogens is 2. The average Bonchev–Trinajstić information content (AvgIpc) is 3.04. The highest BCUT2D eigenvalue weighted by Crippen LogP contribution is 2.30. The molecular formula is C16H16Cl2N4O. The van der Waals surface area contributed by atoms with Crippen LogP contribution < -0.4 is 10.6 Å². The van der Waals surface area contributed by atoms with Crippen LogP contribution in [0.25, 0.3) is 0 Å². The topological polar surface area (TPSA) is 66.9 Å². The summed E-state index contributed by atoms with van der Waals surface area (Å²) in [6.07, 6.45) is 6.07. The first-order valence-electron chi connectivity index (χ1n) is 7.47. The smallest absolute Gasteiger partial charge is 0.274 e. The van der Waals surface area contributed by atoms with E-state index in [2.05, 4.69) is 20.6 Å². The summed E-state index contributed by atoms with van der Waals surface area (Å²) in [7, 11) is 0. The SMILES string of the molecule is O=C(Nc1c(Cl)cccc1Cl)c1cc(NC2CCCC2)ncn1. The zero-order valence-corrected chi connectivity index (χ0v) is 13.9. The zero-order valence-electron chi connectivity index (χ0n) is 12.4. The maximum absolute atomic E-state index is 12.4. The molecule has 5 nitrogen and oxygen atoms in total. The molecule has 1 heterocycles. The third-order valence-electron chi connectivity index (χ3n) is 3.81. The molecule has 0 aliphatic heterocycles. The molecule has 1 aliphatic rings. The van der Waals surface area contributed by atoms with E-state index in [-0.39, 0.29) is 11.6 Å². The van der Waals surface area contributed by atoms with Gasteiger partial charge in [-0.2, -0.15) is 0 Å². The second-order valence-electron chi connectivity index (χ2n) is 5.46. The summed E-state index contributed by atoms with van der Waals surface area (Å²) >= 11 is 12.1. The van der Waals surface area contributed by atoms with Crippen LogP contribution in [0.4, 0.5) is 11.5 Å². The van der Waals surface area contributed by atoms with Crippen molar-refractivity contribution in [1.82, 2.24) is 9.97 Å². The fourth-order valence-corrected chi connectivity index (χ4v) is 3.13. The summed E-state index contributed by atoms with van der Waals surface area (Å²) in [5, 5.41) is 6.79. The molecule has 0 saturated heterocycles. The molecule has 1 aromatic carbocycles. The Labute approximate surface area is 144 Å². The molecule has 0 bridgehead atoms. The van der Waals surface area contributed by atoms with Crippen molar-refractivity contribution in [1.29, 1.82) is 0 Å². The number of nitrogens with one attached hydrogen (secondary N) is 2. The van der Waals surface area contributed by atoms with Crippen molar-refractivity contribution in [3.8, 4) is 0 Å². The molecule has 23 heavy (non-hydrogen) atoms. The molecule has 120 valence electrons. The lowest BCUT2D eigenvalue weighted by Crippen LogP contribution is -2.18. The number of anilines is 2. The maximum Gasteiger partial charge on any atom is 0.274 e. The summed E-state index contributed by atoms with van der Waals surface area (Å²) in [4.78, 5) is 20.6. The summed E-state index contributed by atoms with van der Waals surface area (Å²) in [5.74, 6) is 0.277. The van der Waals surface area contributed by atoms with Crippen LogP contribution in [0.3, 0.4) is 0 Å². The minimum Gasteiger partial charge on any atom is -0.367 e. The number of nitrogens with zero attached hydrogens (tertiary/aromatic N) is 2. The summed E-state index contributed by atoms with van der Waals surface area (Å²) < 4.78 is 0. The molecule has 0 atom stereocenters. The van der Waals surface area contributed by atoms with Crippen LogP contribution in [0, 0.1) is 0 Å². The highest BCUT2D eigenvalue weighted by Gasteiger charge is 2.17. The number of benzene rings is 1. The minimum absolute atomic E-state index is 0.261. The third kappa shape index (κ3) is 3.92. The summed E-state index contributed by atoms with van der Waals surface area (Å²) in [6.45, 7) is 0. The van der Waals surface area contributed by atoms with Crippen molar-refractivity contribution < 1.29 is 4.79 Å². The van der Waals surface area contributed by atoms with E-state index in [1.807, 2.05) is 0 Å². The molecular weight excluding hydrogens is 335 g/mol. The predicted octanol–water partition coefficient (Wildman–Crippen LogP) is 4.39. The summed E-state index contributed by atoms with van der Waals surface area (Å²) in [5.41, 5.74) is 0.640. The lowest BCUT2D eigenvalue weighted by atomic mass is 10.2. The standard InChI is InChI=1S/C16H16Cl2N4O/c17-11-6-3-7-12(18)15(11)22-16(23)13-8-14(20-9-19-13)21-10-4-1-2-5-10/h3,6-10H,1-2,4-5H2,(H,22,23)(H,19,20,21). The fourth-order valence-electron chi connectivity index (χ4n) is 2.63. The largest absolute Gasteiger partial charge is 0.367 e. The van der Waals surface area contributed by atoms with Crippen LogP contribution in [0.5, 0.6) is 0 Å². The zero-order chi connectivity index (χ0) is 16.2. The van der Waals surface area contributed by atoms with E-state index >= 15 is 0 Å². The molecule has 1 fully saturated rings. The molecule has 2 aromatic rings. The highest BCUT2D eigenvalue weighted by molar-refractivity contribution is 6.40. The van der Waals surface area contributed by atoms with Gasteiger partial charge in [0.2, 0.25) is 0 Å². The molecule has 1 aliphatic carbocycles. The lowest BCUT2D eigenvalue weighted by Gasteiger charge is -2.13. The Bertz CT molecular complexity index is 697. The van der Waals surface area contributed by atoms with Gasteiger partial charge in [0.15, 0.2) is 0 Å². The predicted molar refractivity (Wildman–Crippen MR) is 92.3 cm³/mol. The van der Waals surface area contributed by atoms with Gasteiger partial charge in [-0.1, -0.05) is 42.1 Å². The van der Waals surface area contributed by atoms with E-state index in [0.29, 0.717) is 27.6 Å². The van der Waals surface area contributed by atoms with Gasteiger partial charge in [-0.15, -0.1) is 0 Å². The van der Waals surface area contributed by atoms with Crippen molar-refractivity contribution in [3.05, 3.63) is 46.3 Å². The number of hydrogen-bond acceptors (Lipinski definition) is 4. The van der Waals surface area contributed by atoms with Crippen molar-refractivity contribution in [2.24, 2.45) is 0 Å². The normalized spacial score (nSPS) is 14.7. The van der Waals surface area contributed by atoms with E-state index in [0.717, 1.165) is 12.8 Å². The second-order valence-corrected chi connectivity index (χ2v) is 6.28. The van der Waals surface area contributed by atoms with Gasteiger partial charge >= 0.3 is 0 Å². The lowest BCUT2D eigenvalue weighted by molar-refractivity contribution is 0.102. The number of carbonyl (C=O) groups is 1. The number of amides is 1. The van der Waals surface area contributed by atoms with Gasteiger partial charge < -0.3 is 10.6 Å². The van der Waals surface area contributed by atoms with Gasteiger partial charge in [-0.3, -0.25) is 4.79 Å². The number of aromatic nitrogens is 2. The molecule has 2 N–H and O–H groups in total. The maximum atomic E-state index is 12.4. The Hall–Kier alpha value is -1.85. The first-order chi connectivity index (χ1) is 11.1. The third-order valence-corrected chi connectivity index (χ3v) is 4.44. The van der Waals surface area contributed by atoms with E-state index in [9.17, 15) is 4.79 Å². The first-order valence-corrected chi connectivity index (χ1v) is 8.23. The Kier molecular flexibility index (Phi) is 4.98. The Morgan fingerprint density at radius 1 is 1.13 bits per heavy atom. The van der Waals surface area contributed by atoms with Crippen LogP contribution in [0.1, 0.15) is 36.2 Å². The van der Waals surface area contributed by atoms with Crippen molar-refractivity contribution in [2.75, 3.05) is 10.6 Å². The summed E-state index contributed by atoms with van der Waals surface area (Å²) in [6, 6.07) is 7.10. The quantitative estimate of drug-likeness (QED) is 0.857. The first kappa shape index (κ1) is 16.0. The van der Waals surface area contributed by atoms with Gasteiger partial charge in [-0.25, -0.2) is 9.97 Å². The van der Waals surface area contributed by atoms with Crippen LogP contribution in [0.15, 0.2) is 30.6 Å². The van der Waals surface area contributed by atoms with Gasteiger partial charge in [0.05, 0.1) is 15.7 Å². The fraction of sp³-hybridized carbons (Fsp3) is 0.312. The molecule has 1 saturated carbocycles. The Balaban J connectivity index is 1.74. The van der Waals surface area contributed by atoms with Crippen molar-refractivity contribution in [3.63, 3.8) is 0 Å². The van der Waals surface area contributed by atoms with E-state index in [1.165, 1.54) is 19.2 Å². The Morgan fingerprint density at radius 3 is 2.52 bits per heavy atom. The Morgan fingerprint density at radius 2 is 1.83 bits per heavy atom. The van der Waals surface area contributed by atoms with Crippen LogP contribution in [-0.2, 0) is 0 Å². The average molecular weight is 351 g/mol.